The van der Waals surface area contributed by atoms with Crippen LogP contribution in [0.1, 0.15) is 52.2 Å². The highest BCUT2D eigenvalue weighted by Gasteiger charge is 2.09. The summed E-state index contributed by atoms with van der Waals surface area (Å²) in [5.41, 5.74) is 1.86. The summed E-state index contributed by atoms with van der Waals surface area (Å²) in [6, 6.07) is 7.28. The fourth-order valence-electron chi connectivity index (χ4n) is 2.05. The summed E-state index contributed by atoms with van der Waals surface area (Å²) < 4.78 is 5.56. The van der Waals surface area contributed by atoms with Gasteiger partial charge in [0, 0.05) is 12.6 Å². The average molecular weight is 305 g/mol. The van der Waals surface area contributed by atoms with Gasteiger partial charge in [-0.05, 0) is 44.4 Å². The first kappa shape index (κ1) is 18.2. The summed E-state index contributed by atoms with van der Waals surface area (Å²) in [6.07, 6.45) is 2.74. The zero-order valence-corrected chi connectivity index (χ0v) is 13.9. The van der Waals surface area contributed by atoms with Crippen LogP contribution in [0.25, 0.3) is 0 Å². The van der Waals surface area contributed by atoms with Crippen LogP contribution in [-0.4, -0.2) is 23.7 Å². The summed E-state index contributed by atoms with van der Waals surface area (Å²) in [4.78, 5) is 11.8. The standard InChI is InChI=1S/C18H27NO3/c1-5-14(6-2)11-18(21)19-12-17(20)15-7-9-16(10-8-15)22-13(3)4/h7-11,13,17,20H,5-6,12H2,1-4H3,(H,19,21). The smallest absolute Gasteiger partial charge is 0.244 e. The van der Waals surface area contributed by atoms with Crippen LogP contribution >= 0.6 is 0 Å². The molecule has 0 aliphatic heterocycles. The molecular weight excluding hydrogens is 278 g/mol. The molecule has 1 aromatic carbocycles. The van der Waals surface area contributed by atoms with E-state index in [9.17, 15) is 9.90 Å². The third kappa shape index (κ3) is 6.31. The first-order valence-electron chi connectivity index (χ1n) is 7.88. The van der Waals surface area contributed by atoms with E-state index in [0.29, 0.717) is 0 Å². The number of allylic oxidation sites excluding steroid dienone is 1. The first-order chi connectivity index (χ1) is 10.5. The van der Waals surface area contributed by atoms with E-state index in [1.807, 2.05) is 52.0 Å². The molecule has 0 fully saturated rings. The van der Waals surface area contributed by atoms with E-state index in [-0.39, 0.29) is 18.6 Å². The average Bonchev–Trinajstić information content (AvgIpc) is 2.50. The number of rotatable bonds is 8. The highest BCUT2D eigenvalue weighted by Crippen LogP contribution is 2.18. The number of ether oxygens (including phenoxy) is 1. The molecule has 0 heterocycles. The van der Waals surface area contributed by atoms with Crippen LogP contribution in [0.3, 0.4) is 0 Å². The Labute approximate surface area is 133 Å². The summed E-state index contributed by atoms with van der Waals surface area (Å²) in [6.45, 7) is 8.18. The molecule has 2 N–H and O–H groups in total. The van der Waals surface area contributed by atoms with Crippen LogP contribution in [-0.2, 0) is 4.79 Å². The van der Waals surface area contributed by atoms with Gasteiger partial charge in [-0.1, -0.05) is 31.6 Å². The number of hydrogen-bond donors (Lipinski definition) is 2. The lowest BCUT2D eigenvalue weighted by molar-refractivity contribution is -0.117. The summed E-state index contributed by atoms with van der Waals surface area (Å²) >= 11 is 0. The van der Waals surface area contributed by atoms with E-state index >= 15 is 0 Å². The van der Waals surface area contributed by atoms with Gasteiger partial charge in [-0.3, -0.25) is 4.79 Å². The van der Waals surface area contributed by atoms with Crippen molar-refractivity contribution in [2.45, 2.75) is 52.7 Å². The molecule has 0 spiro atoms. The topological polar surface area (TPSA) is 58.6 Å². The maximum atomic E-state index is 11.8. The third-order valence-corrected chi connectivity index (χ3v) is 3.35. The van der Waals surface area contributed by atoms with Crippen LogP contribution < -0.4 is 10.1 Å². The zero-order valence-electron chi connectivity index (χ0n) is 13.9. The van der Waals surface area contributed by atoms with Crippen molar-refractivity contribution in [3.05, 3.63) is 41.5 Å². The number of carbonyl (C=O) groups excluding carboxylic acids is 1. The lowest BCUT2D eigenvalue weighted by Gasteiger charge is -2.14. The van der Waals surface area contributed by atoms with E-state index < -0.39 is 6.10 Å². The number of hydrogen-bond acceptors (Lipinski definition) is 3. The second kappa shape index (κ2) is 9.26. The fraction of sp³-hybridized carbons (Fsp3) is 0.500. The minimum atomic E-state index is -0.725. The Morgan fingerprint density at radius 2 is 1.82 bits per heavy atom. The lowest BCUT2D eigenvalue weighted by Crippen LogP contribution is -2.27. The summed E-state index contributed by atoms with van der Waals surface area (Å²) in [5, 5.41) is 12.8. The molecule has 1 rings (SSSR count). The molecule has 0 saturated carbocycles. The molecule has 1 unspecified atom stereocenters. The van der Waals surface area contributed by atoms with E-state index in [1.54, 1.807) is 6.08 Å². The van der Waals surface area contributed by atoms with Crippen molar-refractivity contribution in [3.8, 4) is 5.75 Å². The number of benzene rings is 1. The van der Waals surface area contributed by atoms with Gasteiger partial charge in [0.1, 0.15) is 5.75 Å². The van der Waals surface area contributed by atoms with Gasteiger partial charge in [0.15, 0.2) is 0 Å². The van der Waals surface area contributed by atoms with Crippen molar-refractivity contribution < 1.29 is 14.6 Å². The molecule has 4 heteroatoms. The van der Waals surface area contributed by atoms with E-state index in [4.69, 9.17) is 4.74 Å². The number of amides is 1. The third-order valence-electron chi connectivity index (χ3n) is 3.35. The Hall–Kier alpha value is -1.81. The second-order valence-corrected chi connectivity index (χ2v) is 5.51. The molecule has 0 saturated heterocycles. The van der Waals surface area contributed by atoms with Gasteiger partial charge in [0.2, 0.25) is 5.91 Å². The lowest BCUT2D eigenvalue weighted by atomic mass is 10.1. The maximum Gasteiger partial charge on any atom is 0.244 e. The van der Waals surface area contributed by atoms with Gasteiger partial charge in [-0.25, -0.2) is 0 Å². The monoisotopic (exact) mass is 305 g/mol. The predicted octanol–water partition coefficient (Wildman–Crippen LogP) is 3.37. The molecule has 22 heavy (non-hydrogen) atoms. The SMILES string of the molecule is CCC(=CC(=O)NCC(O)c1ccc(OC(C)C)cc1)CC. The maximum absolute atomic E-state index is 11.8. The van der Waals surface area contributed by atoms with Gasteiger partial charge < -0.3 is 15.2 Å². The van der Waals surface area contributed by atoms with Crippen molar-refractivity contribution in [3.63, 3.8) is 0 Å². The molecule has 1 atom stereocenters. The minimum absolute atomic E-state index is 0.119. The number of nitrogens with one attached hydrogen (secondary N) is 1. The molecule has 0 aromatic heterocycles. The fourth-order valence-corrected chi connectivity index (χ4v) is 2.05. The van der Waals surface area contributed by atoms with Crippen LogP contribution in [0.15, 0.2) is 35.9 Å². The minimum Gasteiger partial charge on any atom is -0.491 e. The van der Waals surface area contributed by atoms with E-state index in [1.165, 1.54) is 0 Å². The van der Waals surface area contributed by atoms with Crippen LogP contribution in [0.5, 0.6) is 5.75 Å². The Morgan fingerprint density at radius 3 is 2.32 bits per heavy atom. The van der Waals surface area contributed by atoms with Gasteiger partial charge >= 0.3 is 0 Å². The summed E-state index contributed by atoms with van der Waals surface area (Å²) in [5.74, 6) is 0.617. The Balaban J connectivity index is 2.53. The van der Waals surface area contributed by atoms with Crippen LogP contribution in [0.2, 0.25) is 0 Å². The molecule has 0 aliphatic rings. The van der Waals surface area contributed by atoms with Gasteiger partial charge in [-0.15, -0.1) is 0 Å². The predicted molar refractivity (Wildman–Crippen MR) is 88.8 cm³/mol. The molecule has 0 aliphatic carbocycles. The van der Waals surface area contributed by atoms with E-state index in [0.717, 1.165) is 29.7 Å². The highest BCUT2D eigenvalue weighted by atomic mass is 16.5. The summed E-state index contributed by atoms with van der Waals surface area (Å²) in [7, 11) is 0. The quantitative estimate of drug-likeness (QED) is 0.724. The van der Waals surface area contributed by atoms with Crippen molar-refractivity contribution in [2.24, 2.45) is 0 Å². The Morgan fingerprint density at radius 1 is 1.23 bits per heavy atom. The molecule has 122 valence electrons. The second-order valence-electron chi connectivity index (χ2n) is 5.51. The zero-order chi connectivity index (χ0) is 16.5. The number of aliphatic hydroxyl groups is 1. The van der Waals surface area contributed by atoms with Crippen molar-refractivity contribution >= 4 is 5.91 Å². The molecule has 4 nitrogen and oxygen atoms in total. The molecular formula is C18H27NO3. The highest BCUT2D eigenvalue weighted by molar-refractivity contribution is 5.88. The molecule has 1 amide bonds. The van der Waals surface area contributed by atoms with Crippen LogP contribution in [0, 0.1) is 0 Å². The largest absolute Gasteiger partial charge is 0.491 e. The molecule has 0 bridgehead atoms. The van der Waals surface area contributed by atoms with Gasteiger partial charge in [-0.2, -0.15) is 0 Å². The first-order valence-corrected chi connectivity index (χ1v) is 7.88. The van der Waals surface area contributed by atoms with Crippen molar-refractivity contribution in [2.75, 3.05) is 6.54 Å². The molecule has 1 aromatic rings. The van der Waals surface area contributed by atoms with Crippen molar-refractivity contribution in [1.29, 1.82) is 0 Å². The van der Waals surface area contributed by atoms with Crippen LogP contribution in [0.4, 0.5) is 0 Å². The Kier molecular flexibility index (Phi) is 7.67. The number of carbonyl (C=O) groups is 1. The van der Waals surface area contributed by atoms with Gasteiger partial charge in [0.05, 0.1) is 12.2 Å². The van der Waals surface area contributed by atoms with Gasteiger partial charge in [0.25, 0.3) is 0 Å². The van der Waals surface area contributed by atoms with E-state index in [2.05, 4.69) is 5.32 Å². The Bertz CT molecular complexity index is 486. The molecule has 0 radical (unpaired) electrons. The normalized spacial score (nSPS) is 11.9. The number of aliphatic hydroxyl groups excluding tert-OH is 1. The van der Waals surface area contributed by atoms with Crippen molar-refractivity contribution in [1.82, 2.24) is 5.32 Å².